The van der Waals surface area contributed by atoms with Crippen LogP contribution < -0.4 is 15.6 Å². The summed E-state index contributed by atoms with van der Waals surface area (Å²) in [7, 11) is 1.52. The number of hydrogen-bond acceptors (Lipinski definition) is 5. The second kappa shape index (κ2) is 5.96. The van der Waals surface area contributed by atoms with Crippen LogP contribution in [-0.4, -0.2) is 32.8 Å². The first kappa shape index (κ1) is 15.8. The number of aromatic amines is 1. The van der Waals surface area contributed by atoms with Crippen LogP contribution in [0, 0.1) is 5.82 Å². The molecule has 0 aliphatic heterocycles. The fraction of sp³-hybridized carbons (Fsp3) is 0.0588. The largest absolute Gasteiger partial charge is 0.497 e. The highest BCUT2D eigenvalue weighted by atomic mass is 19.1. The number of carbonyl (C=O) groups is 1. The van der Waals surface area contributed by atoms with Gasteiger partial charge in [0, 0.05) is 11.8 Å². The number of nitrogens with zero attached hydrogens (tertiary/aromatic N) is 3. The Hall–Kier alpha value is -3.75. The number of methoxy groups -OCH3 is 1. The van der Waals surface area contributed by atoms with Gasteiger partial charge in [-0.1, -0.05) is 6.07 Å². The molecule has 9 heteroatoms. The highest BCUT2D eigenvalue weighted by Gasteiger charge is 2.19. The molecule has 2 aromatic heterocycles. The second-order valence-corrected chi connectivity index (χ2v) is 5.48. The Morgan fingerprint density at radius 3 is 2.92 bits per heavy atom. The Balaban J connectivity index is 1.79. The van der Waals surface area contributed by atoms with E-state index >= 15 is 0 Å². The van der Waals surface area contributed by atoms with E-state index in [0.29, 0.717) is 17.0 Å². The van der Waals surface area contributed by atoms with Crippen LogP contribution in [0.2, 0.25) is 0 Å². The van der Waals surface area contributed by atoms with Crippen molar-refractivity contribution >= 4 is 28.1 Å². The number of carbonyl (C=O) groups excluding carboxylic acids is 1. The standard InChI is InChI=1S/C17H12FN5O3/c1-26-11-4-2-3-10(8-11)19-17(25)14-15-20-16(24)12-7-9(18)5-6-13(12)23(15)22-21-14/h2-8,22H,1H3,(H,19,25). The minimum absolute atomic E-state index is 0.0505. The smallest absolute Gasteiger partial charge is 0.281 e. The van der Waals surface area contributed by atoms with Gasteiger partial charge in [0.2, 0.25) is 0 Å². The number of aromatic nitrogens is 4. The summed E-state index contributed by atoms with van der Waals surface area (Å²) in [5.41, 5.74) is 0.219. The average Bonchev–Trinajstić information content (AvgIpc) is 3.06. The number of nitrogens with one attached hydrogen (secondary N) is 2. The molecule has 0 saturated heterocycles. The molecule has 8 nitrogen and oxygen atoms in total. The van der Waals surface area contributed by atoms with Gasteiger partial charge in [0.25, 0.3) is 11.5 Å². The van der Waals surface area contributed by atoms with E-state index in [1.165, 1.54) is 23.8 Å². The first-order valence-electron chi connectivity index (χ1n) is 7.58. The van der Waals surface area contributed by atoms with Gasteiger partial charge in [0.1, 0.15) is 11.6 Å². The molecule has 0 bridgehead atoms. The Morgan fingerprint density at radius 2 is 2.12 bits per heavy atom. The highest BCUT2D eigenvalue weighted by molar-refractivity contribution is 6.07. The summed E-state index contributed by atoms with van der Waals surface area (Å²) in [6.07, 6.45) is 0. The number of benzene rings is 2. The molecule has 4 aromatic rings. The van der Waals surface area contributed by atoms with Crippen LogP contribution >= 0.6 is 0 Å². The third kappa shape index (κ3) is 2.55. The number of anilines is 1. The molecule has 0 spiro atoms. The summed E-state index contributed by atoms with van der Waals surface area (Å²) < 4.78 is 19.8. The van der Waals surface area contributed by atoms with Gasteiger partial charge in [-0.15, -0.1) is 5.10 Å². The molecule has 1 amide bonds. The molecule has 0 atom stereocenters. The molecule has 0 unspecified atom stereocenters. The Morgan fingerprint density at radius 1 is 1.27 bits per heavy atom. The van der Waals surface area contributed by atoms with Crippen LogP contribution in [-0.2, 0) is 0 Å². The van der Waals surface area contributed by atoms with Crippen molar-refractivity contribution < 1.29 is 13.9 Å². The van der Waals surface area contributed by atoms with Gasteiger partial charge in [-0.05, 0) is 30.3 Å². The molecule has 0 radical (unpaired) electrons. The van der Waals surface area contributed by atoms with Gasteiger partial charge in [-0.2, -0.15) is 4.98 Å². The summed E-state index contributed by atoms with van der Waals surface area (Å²) in [5.74, 6) is -0.519. The first-order valence-corrected chi connectivity index (χ1v) is 7.58. The van der Waals surface area contributed by atoms with Crippen LogP contribution in [0.4, 0.5) is 10.1 Å². The number of fused-ring (bicyclic) bond motifs is 3. The fourth-order valence-corrected chi connectivity index (χ4v) is 2.65. The van der Waals surface area contributed by atoms with Crippen LogP contribution in [0.1, 0.15) is 10.5 Å². The predicted molar refractivity (Wildman–Crippen MR) is 92.0 cm³/mol. The zero-order chi connectivity index (χ0) is 18.3. The number of amides is 1. The number of ether oxygens (including phenoxy) is 1. The van der Waals surface area contributed by atoms with Gasteiger partial charge in [-0.3, -0.25) is 9.59 Å². The molecule has 0 aliphatic rings. The van der Waals surface area contributed by atoms with Crippen molar-refractivity contribution in [1.29, 1.82) is 0 Å². The molecule has 0 saturated carbocycles. The van der Waals surface area contributed by atoms with Gasteiger partial charge >= 0.3 is 0 Å². The number of H-pyrrole nitrogens is 1. The number of halogens is 1. The summed E-state index contributed by atoms with van der Waals surface area (Å²) in [5, 5.41) is 9.33. The van der Waals surface area contributed by atoms with Crippen LogP contribution in [0.15, 0.2) is 47.3 Å². The molecule has 2 N–H and O–H groups in total. The average molecular weight is 353 g/mol. The monoisotopic (exact) mass is 353 g/mol. The topological polar surface area (TPSA) is 101 Å². The molecular weight excluding hydrogens is 341 g/mol. The van der Waals surface area contributed by atoms with E-state index in [2.05, 4.69) is 20.6 Å². The van der Waals surface area contributed by atoms with E-state index in [4.69, 9.17) is 4.74 Å². The van der Waals surface area contributed by atoms with Gasteiger partial charge in [0.15, 0.2) is 11.3 Å². The molecule has 2 aromatic carbocycles. The SMILES string of the molecule is COc1cccc(NC(=O)c2n[nH]n3c2nc(=O)c2cc(F)ccc23)c1. The van der Waals surface area contributed by atoms with E-state index in [0.717, 1.165) is 6.07 Å². The molecular formula is C17H12FN5O3. The number of hydrogen-bond donors (Lipinski definition) is 2. The van der Waals surface area contributed by atoms with Crippen LogP contribution in [0.25, 0.3) is 16.6 Å². The fourth-order valence-electron chi connectivity index (χ4n) is 2.65. The Labute approximate surface area is 145 Å². The molecule has 4 rings (SSSR count). The number of rotatable bonds is 3. The van der Waals surface area contributed by atoms with E-state index in [1.807, 2.05) is 0 Å². The normalized spacial score (nSPS) is 11.0. The minimum Gasteiger partial charge on any atom is -0.497 e. The molecule has 0 aliphatic carbocycles. The third-order valence-corrected chi connectivity index (χ3v) is 3.87. The molecule has 130 valence electrons. The first-order chi connectivity index (χ1) is 12.6. The maximum atomic E-state index is 13.4. The summed E-state index contributed by atoms with van der Waals surface area (Å²) >= 11 is 0. The van der Waals surface area contributed by atoms with Crippen molar-refractivity contribution in [2.45, 2.75) is 0 Å². The Bertz CT molecular complexity index is 1210. The summed E-state index contributed by atoms with van der Waals surface area (Å²) in [4.78, 5) is 28.6. The predicted octanol–water partition coefficient (Wildman–Crippen LogP) is 1.97. The lowest BCUT2D eigenvalue weighted by molar-refractivity contribution is 0.102. The van der Waals surface area contributed by atoms with Gasteiger partial charge in [-0.25, -0.2) is 14.1 Å². The van der Waals surface area contributed by atoms with Crippen LogP contribution in [0.5, 0.6) is 5.75 Å². The van der Waals surface area contributed by atoms with E-state index in [1.54, 1.807) is 24.3 Å². The van der Waals surface area contributed by atoms with Crippen molar-refractivity contribution in [2.75, 3.05) is 12.4 Å². The van der Waals surface area contributed by atoms with E-state index in [-0.39, 0.29) is 16.7 Å². The summed E-state index contributed by atoms with van der Waals surface area (Å²) in [6, 6.07) is 10.5. The molecule has 26 heavy (non-hydrogen) atoms. The third-order valence-electron chi connectivity index (χ3n) is 3.87. The second-order valence-electron chi connectivity index (χ2n) is 5.48. The minimum atomic E-state index is -0.642. The van der Waals surface area contributed by atoms with Crippen molar-refractivity contribution in [3.8, 4) is 5.75 Å². The van der Waals surface area contributed by atoms with Crippen molar-refractivity contribution in [3.05, 3.63) is 64.3 Å². The molecule has 0 fully saturated rings. The zero-order valence-corrected chi connectivity index (χ0v) is 13.5. The highest BCUT2D eigenvalue weighted by Crippen LogP contribution is 2.19. The maximum Gasteiger partial charge on any atom is 0.281 e. The lowest BCUT2D eigenvalue weighted by atomic mass is 10.2. The van der Waals surface area contributed by atoms with Crippen molar-refractivity contribution in [2.24, 2.45) is 0 Å². The maximum absolute atomic E-state index is 13.4. The van der Waals surface area contributed by atoms with Crippen molar-refractivity contribution in [1.82, 2.24) is 19.8 Å². The lowest BCUT2D eigenvalue weighted by Crippen LogP contribution is -2.16. The zero-order valence-electron chi connectivity index (χ0n) is 13.5. The lowest BCUT2D eigenvalue weighted by Gasteiger charge is -2.05. The van der Waals surface area contributed by atoms with Gasteiger partial charge in [0.05, 0.1) is 18.0 Å². The van der Waals surface area contributed by atoms with Gasteiger partial charge < -0.3 is 10.1 Å². The van der Waals surface area contributed by atoms with Crippen molar-refractivity contribution in [3.63, 3.8) is 0 Å². The van der Waals surface area contributed by atoms with E-state index < -0.39 is 17.3 Å². The quantitative estimate of drug-likeness (QED) is 0.586. The summed E-state index contributed by atoms with van der Waals surface area (Å²) in [6.45, 7) is 0. The van der Waals surface area contributed by atoms with E-state index in [9.17, 15) is 14.0 Å². The Kier molecular flexibility index (Phi) is 3.61. The van der Waals surface area contributed by atoms with Crippen LogP contribution in [0.3, 0.4) is 0 Å². The molecule has 2 heterocycles.